The second-order valence-corrected chi connectivity index (χ2v) is 5.56. The normalized spacial score (nSPS) is 19.1. The van der Waals surface area contributed by atoms with Gasteiger partial charge in [0.15, 0.2) is 0 Å². The third kappa shape index (κ3) is 3.69. The third-order valence-electron chi connectivity index (χ3n) is 3.36. The van der Waals surface area contributed by atoms with E-state index in [0.29, 0.717) is 6.04 Å². The smallest absolute Gasteiger partial charge is 0.0476 e. The molecule has 1 heterocycles. The Bertz CT molecular complexity index is 375. The fourth-order valence-corrected chi connectivity index (χ4v) is 2.68. The highest BCUT2D eigenvalue weighted by molar-refractivity contribution is 6.30. The summed E-state index contributed by atoms with van der Waals surface area (Å²) < 4.78 is 0. The third-order valence-corrected chi connectivity index (χ3v) is 3.60. The monoisotopic (exact) mass is 267 g/mol. The molecule has 0 aromatic heterocycles. The van der Waals surface area contributed by atoms with Crippen molar-refractivity contribution in [1.29, 1.82) is 0 Å². The highest BCUT2D eigenvalue weighted by atomic mass is 35.5. The van der Waals surface area contributed by atoms with Crippen molar-refractivity contribution >= 4 is 11.6 Å². The number of halogens is 1. The molecule has 0 spiro atoms. The van der Waals surface area contributed by atoms with Gasteiger partial charge >= 0.3 is 0 Å². The first-order chi connectivity index (χ1) is 8.66. The van der Waals surface area contributed by atoms with Gasteiger partial charge in [0.05, 0.1) is 0 Å². The van der Waals surface area contributed by atoms with Crippen molar-refractivity contribution in [3.8, 4) is 0 Å². The molecule has 0 amide bonds. The maximum absolute atomic E-state index is 6.12. The predicted octanol–water partition coefficient (Wildman–Crippen LogP) is 1.85. The Hall–Kier alpha value is -0.610. The minimum absolute atomic E-state index is 0.431. The Labute approximate surface area is 115 Å². The summed E-state index contributed by atoms with van der Waals surface area (Å²) in [6.07, 6.45) is 0. The van der Waals surface area contributed by atoms with Crippen LogP contribution in [0.25, 0.3) is 0 Å². The fourth-order valence-electron chi connectivity index (χ4n) is 2.49. The zero-order chi connectivity index (χ0) is 13.0. The number of hydrogen-bond donors (Lipinski definition) is 1. The number of rotatable bonds is 4. The second kappa shape index (κ2) is 6.53. The summed E-state index contributed by atoms with van der Waals surface area (Å²) in [6, 6.07) is 8.69. The zero-order valence-corrected chi connectivity index (χ0v) is 12.0. The molecule has 1 aromatic carbocycles. The van der Waals surface area contributed by atoms with Crippen LogP contribution in [-0.4, -0.2) is 56.6 Å². The Kier molecular flexibility index (Phi) is 5.01. The maximum Gasteiger partial charge on any atom is 0.0476 e. The molecule has 0 radical (unpaired) electrons. The summed E-state index contributed by atoms with van der Waals surface area (Å²) in [4.78, 5) is 4.79. The maximum atomic E-state index is 6.12. The van der Waals surface area contributed by atoms with Gasteiger partial charge in [-0.1, -0.05) is 23.7 Å². The van der Waals surface area contributed by atoms with Crippen molar-refractivity contribution in [3.05, 3.63) is 34.9 Å². The number of likely N-dealkylation sites (N-methyl/N-ethyl adjacent to an activating group) is 1. The van der Waals surface area contributed by atoms with Crippen LogP contribution in [0.2, 0.25) is 5.02 Å². The molecule has 1 fully saturated rings. The number of hydrogen-bond acceptors (Lipinski definition) is 3. The molecule has 1 aromatic rings. The fraction of sp³-hybridized carbons (Fsp3) is 0.571. The van der Waals surface area contributed by atoms with E-state index in [-0.39, 0.29) is 0 Å². The van der Waals surface area contributed by atoms with Gasteiger partial charge in [0, 0.05) is 43.8 Å². The van der Waals surface area contributed by atoms with Crippen LogP contribution >= 0.6 is 11.6 Å². The lowest BCUT2D eigenvalue weighted by molar-refractivity contribution is 0.145. The van der Waals surface area contributed by atoms with Crippen LogP contribution in [0.1, 0.15) is 11.6 Å². The van der Waals surface area contributed by atoms with Gasteiger partial charge in [-0.25, -0.2) is 0 Å². The van der Waals surface area contributed by atoms with E-state index in [2.05, 4.69) is 41.3 Å². The lowest BCUT2D eigenvalue weighted by Crippen LogP contribution is -2.47. The van der Waals surface area contributed by atoms with E-state index in [1.54, 1.807) is 0 Å². The van der Waals surface area contributed by atoms with Gasteiger partial charge in [-0.05, 0) is 31.8 Å². The van der Waals surface area contributed by atoms with Crippen LogP contribution in [0.4, 0.5) is 0 Å². The first-order valence-corrected chi connectivity index (χ1v) is 6.89. The quantitative estimate of drug-likeness (QED) is 0.898. The van der Waals surface area contributed by atoms with Crippen molar-refractivity contribution in [1.82, 2.24) is 15.1 Å². The minimum Gasteiger partial charge on any atom is -0.314 e. The van der Waals surface area contributed by atoms with E-state index in [4.69, 9.17) is 11.6 Å². The predicted molar refractivity (Wildman–Crippen MR) is 77.2 cm³/mol. The summed E-state index contributed by atoms with van der Waals surface area (Å²) in [7, 11) is 4.25. The molecule has 1 unspecified atom stereocenters. The van der Waals surface area contributed by atoms with Crippen LogP contribution in [0.5, 0.6) is 0 Å². The Morgan fingerprint density at radius 3 is 2.67 bits per heavy atom. The van der Waals surface area contributed by atoms with Gasteiger partial charge in [0.1, 0.15) is 0 Å². The largest absolute Gasteiger partial charge is 0.314 e. The first-order valence-electron chi connectivity index (χ1n) is 6.52. The molecule has 3 nitrogen and oxygen atoms in total. The topological polar surface area (TPSA) is 18.5 Å². The van der Waals surface area contributed by atoms with E-state index in [1.807, 2.05) is 12.1 Å². The van der Waals surface area contributed by atoms with Gasteiger partial charge in [-0.15, -0.1) is 0 Å². The Balaban J connectivity index is 2.18. The van der Waals surface area contributed by atoms with Crippen LogP contribution in [-0.2, 0) is 0 Å². The second-order valence-electron chi connectivity index (χ2n) is 5.12. The van der Waals surface area contributed by atoms with Crippen LogP contribution in [0, 0.1) is 0 Å². The number of piperazine rings is 1. The van der Waals surface area contributed by atoms with Crippen LogP contribution in [0.15, 0.2) is 24.3 Å². The van der Waals surface area contributed by atoms with Crippen molar-refractivity contribution in [2.75, 3.05) is 46.8 Å². The molecule has 4 heteroatoms. The summed E-state index contributed by atoms with van der Waals surface area (Å²) in [5, 5.41) is 4.23. The van der Waals surface area contributed by atoms with E-state index in [1.165, 1.54) is 5.56 Å². The summed E-state index contributed by atoms with van der Waals surface area (Å²) in [5.41, 5.74) is 1.32. The SMILES string of the molecule is CN(C)CC(c1cccc(Cl)c1)N1CCNCC1. The molecule has 0 bridgehead atoms. The van der Waals surface area contributed by atoms with E-state index in [0.717, 1.165) is 37.7 Å². The standard InChI is InChI=1S/C14H22ClN3/c1-17(2)11-14(18-8-6-16-7-9-18)12-4-3-5-13(15)10-12/h3-5,10,14,16H,6-9,11H2,1-2H3. The van der Waals surface area contributed by atoms with Gasteiger partial charge in [-0.2, -0.15) is 0 Å². The van der Waals surface area contributed by atoms with Gasteiger partial charge in [0.2, 0.25) is 0 Å². The summed E-state index contributed by atoms with van der Waals surface area (Å²) in [5.74, 6) is 0. The Morgan fingerprint density at radius 1 is 1.33 bits per heavy atom. The molecule has 1 aliphatic rings. The average Bonchev–Trinajstić information content (AvgIpc) is 2.37. The van der Waals surface area contributed by atoms with E-state index >= 15 is 0 Å². The molecular weight excluding hydrogens is 246 g/mol. The van der Waals surface area contributed by atoms with Crippen LogP contribution < -0.4 is 5.32 Å². The van der Waals surface area contributed by atoms with Gasteiger partial charge < -0.3 is 10.2 Å². The molecule has 100 valence electrons. The van der Waals surface area contributed by atoms with Crippen LogP contribution in [0.3, 0.4) is 0 Å². The molecule has 2 rings (SSSR count). The molecule has 0 aliphatic carbocycles. The molecule has 0 saturated carbocycles. The highest BCUT2D eigenvalue weighted by Gasteiger charge is 2.22. The van der Waals surface area contributed by atoms with Gasteiger partial charge in [-0.3, -0.25) is 4.90 Å². The molecule has 1 N–H and O–H groups in total. The minimum atomic E-state index is 0.431. The lowest BCUT2D eigenvalue weighted by Gasteiger charge is -2.36. The highest BCUT2D eigenvalue weighted by Crippen LogP contribution is 2.24. The van der Waals surface area contributed by atoms with E-state index < -0.39 is 0 Å². The van der Waals surface area contributed by atoms with Gasteiger partial charge in [0.25, 0.3) is 0 Å². The summed E-state index contributed by atoms with van der Waals surface area (Å²) in [6.45, 7) is 5.38. The van der Waals surface area contributed by atoms with Crippen molar-refractivity contribution in [3.63, 3.8) is 0 Å². The zero-order valence-electron chi connectivity index (χ0n) is 11.2. The lowest BCUT2D eigenvalue weighted by atomic mass is 10.0. The number of nitrogens with one attached hydrogen (secondary N) is 1. The van der Waals surface area contributed by atoms with Crippen molar-refractivity contribution in [2.45, 2.75) is 6.04 Å². The Morgan fingerprint density at radius 2 is 2.06 bits per heavy atom. The molecule has 1 saturated heterocycles. The molecule has 1 aliphatic heterocycles. The first kappa shape index (κ1) is 13.8. The molecular formula is C14H22ClN3. The average molecular weight is 268 g/mol. The van der Waals surface area contributed by atoms with Crippen molar-refractivity contribution < 1.29 is 0 Å². The van der Waals surface area contributed by atoms with E-state index in [9.17, 15) is 0 Å². The number of benzene rings is 1. The molecule has 18 heavy (non-hydrogen) atoms. The molecule has 1 atom stereocenters. The number of nitrogens with zero attached hydrogens (tertiary/aromatic N) is 2. The van der Waals surface area contributed by atoms with Crippen molar-refractivity contribution in [2.24, 2.45) is 0 Å². The summed E-state index contributed by atoms with van der Waals surface area (Å²) >= 11 is 6.12.